The molecule has 15 heteroatoms. The molecular formula is C37H49BrN4O6S4. The number of sulfonamides is 2. The van der Waals surface area contributed by atoms with Gasteiger partial charge in [-0.2, -0.15) is 0 Å². The molecule has 0 aromatic heterocycles. The highest BCUT2D eigenvalue weighted by molar-refractivity contribution is 9.10. The minimum absolute atomic E-state index is 0. The smallest absolute Gasteiger partial charge is 0.231 e. The van der Waals surface area contributed by atoms with Crippen molar-refractivity contribution in [1.29, 1.82) is 0 Å². The fourth-order valence-electron chi connectivity index (χ4n) is 4.09. The maximum Gasteiger partial charge on any atom is 0.231 e. The van der Waals surface area contributed by atoms with Crippen molar-refractivity contribution in [2.75, 3.05) is 40.7 Å². The van der Waals surface area contributed by atoms with Crippen molar-refractivity contribution in [3.8, 4) is 23.0 Å². The number of benzene rings is 4. The van der Waals surface area contributed by atoms with Crippen LogP contribution in [0, 0.1) is 0 Å². The number of hydrogen-bond acceptors (Lipinski definition) is 10. The molecule has 52 heavy (non-hydrogen) atoms. The summed E-state index contributed by atoms with van der Waals surface area (Å²) < 4.78 is 54.6. The van der Waals surface area contributed by atoms with Gasteiger partial charge in [0.15, 0.2) is 0 Å². The largest absolute Gasteiger partial charge is 0.457 e. The summed E-state index contributed by atoms with van der Waals surface area (Å²) in [6.07, 6.45) is 5.57. The van der Waals surface area contributed by atoms with Crippen LogP contribution in [0.5, 0.6) is 23.0 Å². The molecule has 0 fully saturated rings. The second-order valence-corrected chi connectivity index (χ2v) is 16.9. The van der Waals surface area contributed by atoms with Crippen molar-refractivity contribution in [2.45, 2.75) is 30.3 Å². The van der Waals surface area contributed by atoms with E-state index >= 15 is 0 Å². The van der Waals surface area contributed by atoms with Gasteiger partial charge in [0.1, 0.15) is 23.0 Å². The molecule has 10 nitrogen and oxygen atoms in total. The van der Waals surface area contributed by atoms with Crippen LogP contribution >= 0.6 is 39.5 Å². The van der Waals surface area contributed by atoms with Crippen LogP contribution < -0.4 is 19.8 Å². The molecule has 0 aliphatic carbocycles. The summed E-state index contributed by atoms with van der Waals surface area (Å²) in [6.45, 7) is 4.43. The predicted molar refractivity (Wildman–Crippen MR) is 224 cm³/mol. The molecule has 0 atom stereocenters. The summed E-state index contributed by atoms with van der Waals surface area (Å²) in [5.41, 5.74) is 2.87. The van der Waals surface area contributed by atoms with Crippen LogP contribution in [0.2, 0.25) is 0 Å². The summed E-state index contributed by atoms with van der Waals surface area (Å²) in [4.78, 5) is 6.56. The molecule has 0 radical (unpaired) electrons. The molecule has 4 aromatic carbocycles. The number of hydrogen-bond donors (Lipinski definition) is 2. The highest BCUT2D eigenvalue weighted by atomic mass is 79.9. The quantitative estimate of drug-likeness (QED) is 0.126. The average molecular weight is 854 g/mol. The molecule has 0 aliphatic heterocycles. The summed E-state index contributed by atoms with van der Waals surface area (Å²) in [5.74, 6) is 3.26. The van der Waals surface area contributed by atoms with Crippen LogP contribution in [0.4, 0.5) is 0 Å². The Balaban J connectivity index is 0.000000449. The third-order valence-corrected chi connectivity index (χ3v) is 9.30. The Bertz CT molecular complexity index is 1940. The molecule has 0 amide bonds. The molecule has 4 N–H and O–H groups in total. The first-order valence-electron chi connectivity index (χ1n) is 15.1. The number of nitrogens with zero attached hydrogens (tertiary/aromatic N) is 2. The van der Waals surface area contributed by atoms with Gasteiger partial charge in [-0.15, -0.1) is 23.5 Å². The van der Waals surface area contributed by atoms with E-state index in [0.29, 0.717) is 12.0 Å². The second-order valence-electron chi connectivity index (χ2n) is 11.3. The highest BCUT2D eigenvalue weighted by Gasteiger charge is 2.09. The maximum atomic E-state index is 11.1. The Kier molecular flexibility index (Phi) is 20.6. The number of rotatable bonds is 13. The zero-order chi connectivity index (χ0) is 38.2. The fourth-order valence-corrected chi connectivity index (χ4v) is 5.67. The first-order chi connectivity index (χ1) is 23.9. The van der Waals surface area contributed by atoms with Gasteiger partial charge < -0.3 is 19.3 Å². The van der Waals surface area contributed by atoms with Gasteiger partial charge in [0.05, 0.1) is 0 Å². The molecule has 0 saturated heterocycles. The predicted octanol–water partition coefficient (Wildman–Crippen LogP) is 8.60. The monoisotopic (exact) mass is 852 g/mol. The van der Waals surface area contributed by atoms with Gasteiger partial charge in [-0.1, -0.05) is 36.0 Å². The van der Waals surface area contributed by atoms with Gasteiger partial charge in [0.2, 0.25) is 20.0 Å². The number of nitrogens with two attached hydrogens (primary N) is 2. The summed E-state index contributed by atoms with van der Waals surface area (Å²) in [5, 5.41) is 11.1. The molecular weight excluding hydrogens is 805 g/mol. The van der Waals surface area contributed by atoms with E-state index in [9.17, 15) is 16.8 Å². The van der Waals surface area contributed by atoms with Crippen LogP contribution in [0.15, 0.2) is 117 Å². The lowest BCUT2D eigenvalue weighted by Crippen LogP contribution is -2.11. The van der Waals surface area contributed by atoms with E-state index in [2.05, 4.69) is 71.1 Å². The topological polar surface area (TPSA) is 145 Å². The summed E-state index contributed by atoms with van der Waals surface area (Å²) >= 11 is 6.92. The lowest BCUT2D eigenvalue weighted by Gasteiger charge is -2.16. The highest BCUT2D eigenvalue weighted by Crippen LogP contribution is 2.31. The second kappa shape index (κ2) is 22.8. The van der Waals surface area contributed by atoms with Crippen LogP contribution in [-0.2, 0) is 33.1 Å². The first-order valence-corrected chi connectivity index (χ1v) is 21.6. The summed E-state index contributed by atoms with van der Waals surface area (Å²) in [6, 6.07) is 27.7. The Hall–Kier alpha value is -3.12. The van der Waals surface area contributed by atoms with Gasteiger partial charge in [-0.25, -0.2) is 27.1 Å². The number of thioether (sulfide) groups is 2. The van der Waals surface area contributed by atoms with Gasteiger partial charge in [-0.05, 0) is 131 Å². The first kappa shape index (κ1) is 46.9. The number of halogens is 1. The normalized spacial score (nSPS) is 11.2. The fraction of sp³-hybridized carbons (Fsp3) is 0.243. The molecule has 0 spiro atoms. The molecule has 4 rings (SSSR count). The van der Waals surface area contributed by atoms with Gasteiger partial charge in [0.25, 0.3) is 0 Å². The zero-order valence-corrected chi connectivity index (χ0v) is 34.3. The third kappa shape index (κ3) is 19.1. The molecule has 0 heterocycles. The summed E-state index contributed by atoms with van der Waals surface area (Å²) in [7, 11) is 0.986. The van der Waals surface area contributed by atoms with Crippen LogP contribution in [0.3, 0.4) is 0 Å². The van der Waals surface area contributed by atoms with Crippen molar-refractivity contribution >= 4 is 65.6 Å². The van der Waals surface area contributed by atoms with Crippen molar-refractivity contribution < 1.29 is 26.3 Å². The third-order valence-electron chi connectivity index (χ3n) is 6.34. The van der Waals surface area contributed by atoms with Crippen molar-refractivity contribution in [1.82, 2.24) is 9.80 Å². The van der Waals surface area contributed by atoms with Gasteiger partial charge in [-0.3, -0.25) is 0 Å². The molecule has 0 aliphatic rings. The Labute approximate surface area is 327 Å². The van der Waals surface area contributed by atoms with Gasteiger partial charge >= 0.3 is 0 Å². The lowest BCUT2D eigenvalue weighted by molar-refractivity contribution is 0.388. The van der Waals surface area contributed by atoms with Crippen molar-refractivity contribution in [3.05, 3.63) is 123 Å². The maximum absolute atomic E-state index is 11.1. The van der Waals surface area contributed by atoms with E-state index in [4.69, 9.17) is 14.6 Å². The Morgan fingerprint density at radius 2 is 1.10 bits per heavy atom. The molecule has 4 aromatic rings. The van der Waals surface area contributed by atoms with Crippen molar-refractivity contribution in [2.24, 2.45) is 10.3 Å². The van der Waals surface area contributed by atoms with E-state index in [1.54, 1.807) is 29.6 Å². The Morgan fingerprint density at radius 3 is 1.46 bits per heavy atom. The lowest BCUT2D eigenvalue weighted by atomic mass is 10.1. The van der Waals surface area contributed by atoms with Crippen LogP contribution in [0.1, 0.15) is 24.1 Å². The van der Waals surface area contributed by atoms with Crippen LogP contribution in [-0.4, -0.2) is 67.3 Å². The van der Waals surface area contributed by atoms with E-state index < -0.39 is 20.0 Å². The SMILES string of the molecule is C.C=CS(N)(=O)=O.CSc1ccc(Oc2ccc(/C=C/S(N)(=O)=O)cc2CN(C)C)cc1.CSc1ccc(Oc2ccc(Br)cc2CN(C)C)cc1. The van der Waals surface area contributed by atoms with E-state index in [1.807, 2.05) is 85.9 Å². The van der Waals surface area contributed by atoms with E-state index in [1.165, 1.54) is 21.4 Å². The minimum Gasteiger partial charge on any atom is -0.457 e. The molecule has 284 valence electrons. The molecule has 0 saturated carbocycles. The standard InChI is InChI=1S/C18H22N2O3S2.C16H18BrNOS.C2H5NO2S.CH4/c1-20(2)13-15-12-14(10-11-25(19,21)22)4-9-18(15)23-16-5-7-17(24-3)8-6-16;1-18(2)11-12-10-13(17)4-9-16(12)19-14-5-7-15(20-3)8-6-14;1-2-6(3,4)5;/h4-12H,13H2,1-3H3,(H2,19,21,22);4-10H,11H2,1-3H3;2H,1H2,(H2,3,4,5);1H4/b11-10+;;;. The Morgan fingerprint density at radius 1 is 0.692 bits per heavy atom. The zero-order valence-electron chi connectivity index (χ0n) is 29.4. The molecule has 0 bridgehead atoms. The van der Waals surface area contributed by atoms with E-state index in [0.717, 1.165) is 50.6 Å². The van der Waals surface area contributed by atoms with E-state index in [-0.39, 0.29) is 7.43 Å². The van der Waals surface area contributed by atoms with Gasteiger partial charge in [0, 0.05) is 49.3 Å². The molecule has 0 unspecified atom stereocenters. The van der Waals surface area contributed by atoms with Crippen LogP contribution in [0.25, 0.3) is 6.08 Å². The average Bonchev–Trinajstić information content (AvgIpc) is 3.06. The number of primary sulfonamides is 2. The number of ether oxygens (including phenoxy) is 2. The van der Waals surface area contributed by atoms with Crippen molar-refractivity contribution in [3.63, 3.8) is 0 Å². The minimum atomic E-state index is -3.65.